The van der Waals surface area contributed by atoms with E-state index in [9.17, 15) is 22.8 Å². The van der Waals surface area contributed by atoms with Crippen LogP contribution in [-0.4, -0.2) is 23.3 Å². The minimum absolute atomic E-state index is 0.261. The van der Waals surface area contributed by atoms with Crippen LogP contribution in [0.5, 0.6) is 5.75 Å². The molecule has 7 nitrogen and oxygen atoms in total. The lowest BCUT2D eigenvalue weighted by Crippen LogP contribution is -2.33. The van der Waals surface area contributed by atoms with Crippen molar-refractivity contribution in [2.45, 2.75) is 12.4 Å². The minimum Gasteiger partial charge on any atom is -0.406 e. The van der Waals surface area contributed by atoms with Crippen molar-refractivity contribution in [3.05, 3.63) is 102 Å². The quantitative estimate of drug-likeness (QED) is 0.355. The number of hydrogen-bond acceptors (Lipinski definition) is 4. The van der Waals surface area contributed by atoms with Gasteiger partial charge in [-0.05, 0) is 59.7 Å². The van der Waals surface area contributed by atoms with Crippen molar-refractivity contribution in [2.24, 2.45) is 5.73 Å². The van der Waals surface area contributed by atoms with Gasteiger partial charge >= 0.3 is 12.4 Å². The molecular weight excluding hydrogens is 461 g/mol. The molecule has 1 aromatic heterocycles. The van der Waals surface area contributed by atoms with Gasteiger partial charge < -0.3 is 21.1 Å². The average molecular weight is 480 g/mol. The molecule has 0 spiro atoms. The zero-order chi connectivity index (χ0) is 25.0. The maximum atomic E-state index is 12.8. The van der Waals surface area contributed by atoms with Gasteiger partial charge in [0.05, 0.1) is 11.6 Å². The Kier molecular flexibility index (Phi) is 6.54. The summed E-state index contributed by atoms with van der Waals surface area (Å²) in [5.41, 5.74) is 8.03. The van der Waals surface area contributed by atoms with Crippen LogP contribution in [0.2, 0.25) is 0 Å². The van der Waals surface area contributed by atoms with E-state index in [1.807, 2.05) is 30.3 Å². The largest absolute Gasteiger partial charge is 0.573 e. The third-order valence-electron chi connectivity index (χ3n) is 5.09. The van der Waals surface area contributed by atoms with Crippen LogP contribution in [0.15, 0.2) is 85.1 Å². The molecule has 0 saturated heterocycles. The third-order valence-corrected chi connectivity index (χ3v) is 5.09. The maximum Gasteiger partial charge on any atom is 0.573 e. The van der Waals surface area contributed by atoms with Gasteiger partial charge in [0, 0.05) is 22.8 Å². The number of nitrogens with zero attached hydrogens (tertiary/aromatic N) is 1. The first-order chi connectivity index (χ1) is 16.7. The lowest BCUT2D eigenvalue weighted by molar-refractivity contribution is -0.274. The van der Waals surface area contributed by atoms with Crippen LogP contribution in [0, 0.1) is 0 Å². The Hall–Kier alpha value is -4.60. The topological polar surface area (TPSA) is 106 Å². The molecule has 1 atom stereocenters. The second-order valence-electron chi connectivity index (χ2n) is 7.55. The molecule has 1 unspecified atom stereocenters. The summed E-state index contributed by atoms with van der Waals surface area (Å²) in [6.45, 7) is 0. The number of alkyl halides is 3. The van der Waals surface area contributed by atoms with Gasteiger partial charge in [-0.3, -0.25) is 9.78 Å². The highest BCUT2D eigenvalue weighted by atomic mass is 19.4. The van der Waals surface area contributed by atoms with Crippen LogP contribution in [0.1, 0.15) is 27.5 Å². The van der Waals surface area contributed by atoms with E-state index in [2.05, 4.69) is 20.4 Å². The van der Waals surface area contributed by atoms with Gasteiger partial charge in [-0.15, -0.1) is 13.2 Å². The number of anilines is 1. The maximum absolute atomic E-state index is 12.8. The first-order valence-corrected chi connectivity index (χ1v) is 10.4. The van der Waals surface area contributed by atoms with Crippen LogP contribution < -0.4 is 21.1 Å². The van der Waals surface area contributed by atoms with E-state index in [0.717, 1.165) is 23.0 Å². The van der Waals surface area contributed by atoms with Gasteiger partial charge in [0.1, 0.15) is 5.75 Å². The number of pyridine rings is 1. The Bertz CT molecular complexity index is 1360. The van der Waals surface area contributed by atoms with Crippen molar-refractivity contribution in [1.29, 1.82) is 0 Å². The molecule has 0 bridgehead atoms. The lowest BCUT2D eigenvalue weighted by atomic mass is 9.97. The van der Waals surface area contributed by atoms with Gasteiger partial charge in [-0.1, -0.05) is 30.3 Å². The highest BCUT2D eigenvalue weighted by Gasteiger charge is 2.31. The number of carbonyl (C=O) groups is 2. The summed E-state index contributed by atoms with van der Waals surface area (Å²) in [5.74, 6) is -0.984. The second-order valence-corrected chi connectivity index (χ2v) is 7.55. The number of fused-ring (bicyclic) bond motifs is 1. The zero-order valence-corrected chi connectivity index (χ0v) is 18.0. The predicted octanol–water partition coefficient (Wildman–Crippen LogP) is 5.14. The second kappa shape index (κ2) is 9.72. The fourth-order valence-corrected chi connectivity index (χ4v) is 3.48. The fourth-order valence-electron chi connectivity index (χ4n) is 3.48. The molecule has 4 rings (SSSR count). The van der Waals surface area contributed by atoms with Gasteiger partial charge in [0.2, 0.25) is 5.91 Å². The molecule has 0 saturated carbocycles. The number of para-hydroxylation sites is 1. The minimum atomic E-state index is -4.81. The first kappa shape index (κ1) is 23.6. The molecule has 10 heteroatoms. The monoisotopic (exact) mass is 480 g/mol. The Morgan fingerprint density at radius 2 is 1.60 bits per heavy atom. The molecule has 3 amide bonds. The van der Waals surface area contributed by atoms with E-state index in [1.54, 1.807) is 30.5 Å². The number of halogens is 3. The lowest BCUT2D eigenvalue weighted by Gasteiger charge is -2.21. The van der Waals surface area contributed by atoms with Crippen LogP contribution in [0.4, 0.5) is 23.7 Å². The Labute approximate surface area is 197 Å². The smallest absolute Gasteiger partial charge is 0.406 e. The molecule has 0 aliphatic rings. The molecule has 4 N–H and O–H groups in total. The molecule has 35 heavy (non-hydrogen) atoms. The number of rotatable bonds is 6. The highest BCUT2D eigenvalue weighted by molar-refractivity contribution is 5.93. The number of nitrogens with one attached hydrogen (secondary N) is 2. The number of urea groups is 1. The number of ether oxygens (including phenoxy) is 1. The summed E-state index contributed by atoms with van der Waals surface area (Å²) >= 11 is 0. The van der Waals surface area contributed by atoms with E-state index >= 15 is 0 Å². The zero-order valence-electron chi connectivity index (χ0n) is 18.0. The molecule has 0 radical (unpaired) electrons. The molecular formula is C25H19F3N4O3. The SMILES string of the molecule is NC(=O)c1ccc(C(NC(=O)Nc2ccc(OC(F)(F)F)cc2)c2cnc3ccccc3c2)cc1. The van der Waals surface area contributed by atoms with Crippen molar-refractivity contribution in [3.63, 3.8) is 0 Å². The number of benzene rings is 3. The summed E-state index contributed by atoms with van der Waals surface area (Å²) in [7, 11) is 0. The molecule has 4 aromatic rings. The van der Waals surface area contributed by atoms with Crippen LogP contribution in [0.3, 0.4) is 0 Å². The van der Waals surface area contributed by atoms with Gasteiger partial charge in [0.15, 0.2) is 0 Å². The van der Waals surface area contributed by atoms with Crippen LogP contribution in [0.25, 0.3) is 10.9 Å². The van der Waals surface area contributed by atoms with Gasteiger partial charge in [-0.25, -0.2) is 4.79 Å². The number of hydrogen-bond donors (Lipinski definition) is 3. The van der Waals surface area contributed by atoms with E-state index in [1.165, 1.54) is 12.1 Å². The summed E-state index contributed by atoms with van der Waals surface area (Å²) in [6.07, 6.45) is -3.17. The number of carbonyl (C=O) groups excluding carboxylic acids is 2. The Morgan fingerprint density at radius 3 is 2.26 bits per heavy atom. The van der Waals surface area contributed by atoms with Crippen LogP contribution in [-0.2, 0) is 0 Å². The standard InChI is InChI=1S/C25H19F3N4O3/c26-25(27,28)35-20-11-9-19(10-12-20)31-24(34)32-22(15-5-7-16(8-6-15)23(29)33)18-13-17-3-1-2-4-21(17)30-14-18/h1-14,22H,(H2,29,33)(H2,31,32,34). The number of primary amides is 1. The van der Waals surface area contributed by atoms with Gasteiger partial charge in [-0.2, -0.15) is 0 Å². The van der Waals surface area contributed by atoms with Crippen LogP contribution >= 0.6 is 0 Å². The normalized spacial score (nSPS) is 12.1. The predicted molar refractivity (Wildman–Crippen MR) is 124 cm³/mol. The van der Waals surface area contributed by atoms with Crippen molar-refractivity contribution < 1.29 is 27.5 Å². The molecule has 0 aliphatic heterocycles. The average Bonchev–Trinajstić information content (AvgIpc) is 2.82. The van der Waals surface area contributed by atoms with E-state index in [-0.39, 0.29) is 5.69 Å². The Morgan fingerprint density at radius 1 is 0.914 bits per heavy atom. The number of amides is 3. The van der Waals surface area contributed by atoms with Crippen molar-refractivity contribution >= 4 is 28.5 Å². The molecule has 1 heterocycles. The molecule has 178 valence electrons. The first-order valence-electron chi connectivity index (χ1n) is 10.4. The number of aromatic nitrogens is 1. The van der Waals surface area contributed by atoms with Crippen molar-refractivity contribution in [2.75, 3.05) is 5.32 Å². The summed E-state index contributed by atoms with van der Waals surface area (Å²) in [6, 6.07) is 19.3. The Balaban J connectivity index is 1.58. The van der Waals surface area contributed by atoms with E-state index in [0.29, 0.717) is 16.7 Å². The molecule has 0 fully saturated rings. The molecule has 3 aromatic carbocycles. The summed E-state index contributed by atoms with van der Waals surface area (Å²) in [4.78, 5) is 28.7. The number of nitrogens with two attached hydrogens (primary N) is 1. The fraction of sp³-hybridized carbons (Fsp3) is 0.0800. The van der Waals surface area contributed by atoms with E-state index < -0.39 is 30.1 Å². The van der Waals surface area contributed by atoms with E-state index in [4.69, 9.17) is 5.73 Å². The molecule has 0 aliphatic carbocycles. The van der Waals surface area contributed by atoms with Crippen molar-refractivity contribution in [3.8, 4) is 5.75 Å². The summed E-state index contributed by atoms with van der Waals surface area (Å²) < 4.78 is 40.9. The van der Waals surface area contributed by atoms with Gasteiger partial charge in [0.25, 0.3) is 0 Å². The van der Waals surface area contributed by atoms with Crippen molar-refractivity contribution in [1.82, 2.24) is 10.3 Å². The third kappa shape index (κ3) is 6.05. The summed E-state index contributed by atoms with van der Waals surface area (Å²) in [5, 5.41) is 6.30. The highest BCUT2D eigenvalue weighted by Crippen LogP contribution is 2.26.